The Kier molecular flexibility index (Phi) is 4.36. The van der Waals surface area contributed by atoms with Gasteiger partial charge in [-0.25, -0.2) is 13.1 Å². The normalized spacial score (nSPS) is 26.6. The van der Waals surface area contributed by atoms with E-state index in [-0.39, 0.29) is 16.5 Å². The molecule has 0 spiro atoms. The van der Waals surface area contributed by atoms with Crippen LogP contribution in [-0.2, 0) is 14.8 Å². The van der Waals surface area contributed by atoms with Crippen molar-refractivity contribution in [2.24, 2.45) is 0 Å². The number of benzene rings is 1. The van der Waals surface area contributed by atoms with E-state index in [0.29, 0.717) is 6.54 Å². The molecule has 6 heteroatoms. The van der Waals surface area contributed by atoms with Gasteiger partial charge < -0.3 is 10.1 Å². The van der Waals surface area contributed by atoms with Crippen molar-refractivity contribution in [1.82, 2.24) is 4.72 Å². The molecule has 0 aliphatic carbocycles. The lowest BCUT2D eigenvalue weighted by atomic mass is 9.94. The lowest BCUT2D eigenvalue weighted by Crippen LogP contribution is -2.41. The summed E-state index contributed by atoms with van der Waals surface area (Å²) in [5.74, 6) is 0. The molecule has 0 bridgehead atoms. The predicted molar refractivity (Wildman–Crippen MR) is 79.4 cm³/mol. The van der Waals surface area contributed by atoms with E-state index in [4.69, 9.17) is 4.74 Å². The van der Waals surface area contributed by atoms with E-state index in [1.807, 2.05) is 6.92 Å². The Morgan fingerprint density at radius 3 is 2.50 bits per heavy atom. The van der Waals surface area contributed by atoms with Gasteiger partial charge in [-0.1, -0.05) is 6.92 Å². The van der Waals surface area contributed by atoms with E-state index in [2.05, 4.69) is 17.0 Å². The van der Waals surface area contributed by atoms with Crippen molar-refractivity contribution in [3.8, 4) is 0 Å². The fourth-order valence-corrected chi connectivity index (χ4v) is 3.36. The van der Waals surface area contributed by atoms with Crippen molar-refractivity contribution in [3.63, 3.8) is 0 Å². The van der Waals surface area contributed by atoms with Gasteiger partial charge in [0.15, 0.2) is 0 Å². The van der Waals surface area contributed by atoms with E-state index in [1.165, 1.54) is 0 Å². The number of sulfonamides is 1. The highest BCUT2D eigenvalue weighted by Gasteiger charge is 2.36. The van der Waals surface area contributed by atoms with Gasteiger partial charge in [0.1, 0.15) is 0 Å². The van der Waals surface area contributed by atoms with Crippen LogP contribution in [0.3, 0.4) is 0 Å². The molecule has 112 valence electrons. The third-order valence-corrected chi connectivity index (χ3v) is 5.38. The fraction of sp³-hybridized carbons (Fsp3) is 0.571. The second kappa shape index (κ2) is 5.71. The summed E-state index contributed by atoms with van der Waals surface area (Å²) in [6, 6.07) is 6.81. The quantitative estimate of drug-likeness (QED) is 0.872. The van der Waals surface area contributed by atoms with Crippen LogP contribution in [0.4, 0.5) is 5.69 Å². The van der Waals surface area contributed by atoms with Gasteiger partial charge in [-0.2, -0.15) is 0 Å². The van der Waals surface area contributed by atoms with Crippen LogP contribution in [0.25, 0.3) is 0 Å². The minimum absolute atomic E-state index is 0.109. The average molecular weight is 298 g/mol. The lowest BCUT2D eigenvalue weighted by Gasteiger charge is -2.30. The van der Waals surface area contributed by atoms with Gasteiger partial charge >= 0.3 is 0 Å². The summed E-state index contributed by atoms with van der Waals surface area (Å²) in [4.78, 5) is 0.283. The number of anilines is 1. The van der Waals surface area contributed by atoms with Gasteiger partial charge in [-0.05, 0) is 44.5 Å². The molecular weight excluding hydrogens is 276 g/mol. The van der Waals surface area contributed by atoms with Gasteiger partial charge in [0.2, 0.25) is 10.0 Å². The van der Waals surface area contributed by atoms with E-state index >= 15 is 0 Å². The summed E-state index contributed by atoms with van der Waals surface area (Å²) in [6.07, 6.45) is 1.07. The monoisotopic (exact) mass is 298 g/mol. The molecule has 1 aromatic rings. The Labute approximate surface area is 120 Å². The van der Waals surface area contributed by atoms with Crippen LogP contribution in [0, 0.1) is 0 Å². The predicted octanol–water partition coefficient (Wildman–Crippen LogP) is 1.96. The molecule has 1 fully saturated rings. The number of rotatable bonds is 5. The Morgan fingerprint density at radius 2 is 2.00 bits per heavy atom. The Balaban J connectivity index is 2.13. The Hall–Kier alpha value is -1.11. The molecule has 2 unspecified atom stereocenters. The molecule has 0 radical (unpaired) electrons. The summed E-state index contributed by atoms with van der Waals surface area (Å²) in [5, 5.41) is 3.44. The van der Waals surface area contributed by atoms with Gasteiger partial charge in [0, 0.05) is 18.8 Å². The molecule has 2 N–H and O–H groups in total. The van der Waals surface area contributed by atoms with Crippen molar-refractivity contribution in [3.05, 3.63) is 24.3 Å². The van der Waals surface area contributed by atoms with Crippen molar-refractivity contribution in [2.75, 3.05) is 18.5 Å². The van der Waals surface area contributed by atoms with Crippen LogP contribution in [0.1, 0.15) is 27.2 Å². The standard InChI is InChI=1S/C14H22N2O3S/c1-4-15-20(17,18)13-7-5-12(6-8-13)16-14(3)9-10-19-11(14)2/h5-8,11,15-16H,4,9-10H2,1-3H3. The lowest BCUT2D eigenvalue weighted by molar-refractivity contribution is 0.105. The molecule has 1 heterocycles. The minimum Gasteiger partial charge on any atom is -0.377 e. The topological polar surface area (TPSA) is 67.4 Å². The molecule has 1 aliphatic rings. The van der Waals surface area contributed by atoms with Crippen LogP contribution < -0.4 is 10.0 Å². The largest absolute Gasteiger partial charge is 0.377 e. The minimum atomic E-state index is -3.38. The van der Waals surface area contributed by atoms with Crippen molar-refractivity contribution >= 4 is 15.7 Å². The van der Waals surface area contributed by atoms with Crippen LogP contribution in [0.2, 0.25) is 0 Å². The van der Waals surface area contributed by atoms with E-state index in [1.54, 1.807) is 31.2 Å². The van der Waals surface area contributed by atoms with Crippen LogP contribution in [-0.4, -0.2) is 33.2 Å². The van der Waals surface area contributed by atoms with Crippen molar-refractivity contribution in [2.45, 2.75) is 43.7 Å². The summed E-state index contributed by atoms with van der Waals surface area (Å²) < 4.78 is 31.8. The van der Waals surface area contributed by atoms with Crippen LogP contribution in [0.15, 0.2) is 29.2 Å². The first-order valence-corrected chi connectivity index (χ1v) is 8.35. The highest BCUT2D eigenvalue weighted by atomic mass is 32.2. The van der Waals surface area contributed by atoms with E-state index < -0.39 is 10.0 Å². The maximum absolute atomic E-state index is 11.9. The van der Waals surface area contributed by atoms with Gasteiger partial charge in [-0.3, -0.25) is 0 Å². The third kappa shape index (κ3) is 3.13. The molecule has 20 heavy (non-hydrogen) atoms. The van der Waals surface area contributed by atoms with E-state index in [0.717, 1.165) is 18.7 Å². The molecule has 5 nitrogen and oxygen atoms in total. The first kappa shape index (κ1) is 15.3. The van der Waals surface area contributed by atoms with Gasteiger partial charge in [0.25, 0.3) is 0 Å². The van der Waals surface area contributed by atoms with Gasteiger partial charge in [-0.15, -0.1) is 0 Å². The third-order valence-electron chi connectivity index (χ3n) is 3.82. The second-order valence-corrected chi connectivity index (χ2v) is 7.10. The maximum Gasteiger partial charge on any atom is 0.240 e. The molecule has 1 aliphatic heterocycles. The zero-order valence-corrected chi connectivity index (χ0v) is 13.0. The molecule has 1 aromatic carbocycles. The maximum atomic E-state index is 11.9. The first-order valence-electron chi connectivity index (χ1n) is 6.87. The summed E-state index contributed by atoms with van der Waals surface area (Å²) in [7, 11) is -3.38. The average Bonchev–Trinajstić information content (AvgIpc) is 2.70. The number of hydrogen-bond donors (Lipinski definition) is 2. The Morgan fingerprint density at radius 1 is 1.35 bits per heavy atom. The first-order chi connectivity index (χ1) is 9.37. The number of ether oxygens (including phenoxy) is 1. The number of hydrogen-bond acceptors (Lipinski definition) is 4. The van der Waals surface area contributed by atoms with Crippen molar-refractivity contribution < 1.29 is 13.2 Å². The van der Waals surface area contributed by atoms with Gasteiger partial charge in [0.05, 0.1) is 16.5 Å². The van der Waals surface area contributed by atoms with E-state index in [9.17, 15) is 8.42 Å². The number of nitrogens with one attached hydrogen (secondary N) is 2. The highest BCUT2D eigenvalue weighted by molar-refractivity contribution is 7.89. The molecule has 0 aromatic heterocycles. The summed E-state index contributed by atoms with van der Waals surface area (Å²) in [5.41, 5.74) is 0.794. The zero-order chi connectivity index (χ0) is 14.8. The smallest absolute Gasteiger partial charge is 0.240 e. The highest BCUT2D eigenvalue weighted by Crippen LogP contribution is 2.29. The fourth-order valence-electron chi connectivity index (χ4n) is 2.32. The molecule has 1 saturated heterocycles. The molecule has 2 rings (SSSR count). The SMILES string of the molecule is CCNS(=O)(=O)c1ccc(NC2(C)CCOC2C)cc1. The molecule has 0 saturated carbocycles. The van der Waals surface area contributed by atoms with Crippen molar-refractivity contribution in [1.29, 1.82) is 0 Å². The van der Waals surface area contributed by atoms with Crippen LogP contribution in [0.5, 0.6) is 0 Å². The molecular formula is C14H22N2O3S. The second-order valence-electron chi connectivity index (χ2n) is 5.33. The molecule has 0 amide bonds. The summed E-state index contributed by atoms with van der Waals surface area (Å²) in [6.45, 7) is 7.06. The zero-order valence-electron chi connectivity index (χ0n) is 12.1. The van der Waals surface area contributed by atoms with Crippen LogP contribution >= 0.6 is 0 Å². The Bertz CT molecular complexity index is 556. The summed E-state index contributed by atoms with van der Waals surface area (Å²) >= 11 is 0. The molecule has 2 atom stereocenters.